The van der Waals surface area contributed by atoms with E-state index in [-0.39, 0.29) is 0 Å². The highest BCUT2D eigenvalue weighted by molar-refractivity contribution is 5.79. The smallest absolute Gasteiger partial charge is 0.410 e. The largest absolute Gasteiger partial charge is 0.444 e. The lowest BCUT2D eigenvalue weighted by atomic mass is 9.88. The molecule has 2 aliphatic heterocycles. The molecule has 1 spiro atoms. The molecule has 1 aromatic rings. The molecule has 184 valence electrons. The molecule has 1 N–H and O–H groups in total. The van der Waals surface area contributed by atoms with Crippen LogP contribution in [-0.2, 0) is 14.2 Å². The SMILES string of the molecule is CC(C)(C)OC(=O)NC1(F)CC(N2CCC3(CC2)OCCO3)=C(c2ccccc2)C=C1[N+](=O)[O-]. The maximum absolute atomic E-state index is 16.3. The molecule has 3 aliphatic rings. The van der Waals surface area contributed by atoms with E-state index in [1.165, 1.54) is 6.08 Å². The van der Waals surface area contributed by atoms with Gasteiger partial charge in [-0.2, -0.15) is 0 Å². The highest BCUT2D eigenvalue weighted by Gasteiger charge is 2.51. The third-order valence-corrected chi connectivity index (χ3v) is 6.11. The summed E-state index contributed by atoms with van der Waals surface area (Å²) in [6, 6.07) is 9.13. The Hall–Kier alpha value is -2.98. The molecule has 0 bridgehead atoms. The normalized spacial score (nSPS) is 24.7. The number of hydrogen-bond acceptors (Lipinski definition) is 7. The minimum atomic E-state index is -2.74. The van der Waals surface area contributed by atoms with E-state index in [9.17, 15) is 14.9 Å². The Kier molecular flexibility index (Phi) is 6.39. The van der Waals surface area contributed by atoms with E-state index >= 15 is 4.39 Å². The minimum absolute atomic E-state index is 0.405. The Morgan fingerprint density at radius 3 is 2.35 bits per heavy atom. The second-order valence-electron chi connectivity index (χ2n) is 9.71. The lowest BCUT2D eigenvalue weighted by molar-refractivity contribution is -0.442. The number of amides is 1. The fourth-order valence-corrected chi connectivity index (χ4v) is 4.57. The second-order valence-corrected chi connectivity index (χ2v) is 9.71. The summed E-state index contributed by atoms with van der Waals surface area (Å²) in [7, 11) is 0. The highest BCUT2D eigenvalue weighted by Crippen LogP contribution is 2.42. The molecule has 0 saturated carbocycles. The summed E-state index contributed by atoms with van der Waals surface area (Å²) in [5, 5.41) is 14.0. The number of alkyl halides is 1. The van der Waals surface area contributed by atoms with Crippen molar-refractivity contribution in [3.8, 4) is 0 Å². The summed E-state index contributed by atoms with van der Waals surface area (Å²) in [6.07, 6.45) is 0.929. The number of alkyl carbamates (subject to hydrolysis) is 1. The van der Waals surface area contributed by atoms with Gasteiger partial charge in [-0.3, -0.25) is 15.4 Å². The fraction of sp³-hybridized carbons (Fsp3) is 0.542. The van der Waals surface area contributed by atoms with Gasteiger partial charge in [-0.25, -0.2) is 9.18 Å². The van der Waals surface area contributed by atoms with Crippen LogP contribution in [-0.4, -0.2) is 59.4 Å². The lowest BCUT2D eigenvalue weighted by Gasteiger charge is -2.42. The molecule has 1 unspecified atom stereocenters. The van der Waals surface area contributed by atoms with Crippen LogP contribution in [0.3, 0.4) is 0 Å². The van der Waals surface area contributed by atoms with Gasteiger partial charge >= 0.3 is 11.8 Å². The predicted octanol–water partition coefficient (Wildman–Crippen LogP) is 3.99. The first-order valence-electron chi connectivity index (χ1n) is 11.4. The van der Waals surface area contributed by atoms with Crippen molar-refractivity contribution in [2.75, 3.05) is 26.3 Å². The lowest BCUT2D eigenvalue weighted by Crippen LogP contribution is -2.53. The molecule has 0 radical (unpaired) electrons. The van der Waals surface area contributed by atoms with Crippen LogP contribution in [0.15, 0.2) is 47.8 Å². The monoisotopic (exact) mass is 475 g/mol. The number of hydrogen-bond donors (Lipinski definition) is 1. The number of piperidine rings is 1. The van der Waals surface area contributed by atoms with Crippen molar-refractivity contribution in [3.05, 3.63) is 63.5 Å². The Bertz CT molecular complexity index is 1000. The first-order valence-corrected chi connectivity index (χ1v) is 11.4. The van der Waals surface area contributed by atoms with Gasteiger partial charge in [0.05, 0.1) is 24.6 Å². The Labute approximate surface area is 197 Å². The van der Waals surface area contributed by atoms with Crippen molar-refractivity contribution < 1.29 is 28.3 Å². The van der Waals surface area contributed by atoms with Gasteiger partial charge in [0, 0.05) is 43.3 Å². The molecular formula is C24H30FN3O6. The summed E-state index contributed by atoms with van der Waals surface area (Å²) in [5.74, 6) is -3.36. The van der Waals surface area contributed by atoms with Gasteiger partial charge in [0.15, 0.2) is 5.79 Å². The van der Waals surface area contributed by atoms with E-state index in [1.807, 2.05) is 35.2 Å². The molecule has 2 heterocycles. The molecule has 9 nitrogen and oxygen atoms in total. The Morgan fingerprint density at radius 2 is 1.79 bits per heavy atom. The number of benzene rings is 1. The number of carbonyl (C=O) groups is 1. The number of halogens is 1. The molecule has 4 rings (SSSR count). The molecular weight excluding hydrogens is 445 g/mol. The third-order valence-electron chi connectivity index (χ3n) is 6.11. The van der Waals surface area contributed by atoms with Gasteiger partial charge in [-0.05, 0) is 26.3 Å². The van der Waals surface area contributed by atoms with E-state index < -0.39 is 40.3 Å². The summed E-state index contributed by atoms with van der Waals surface area (Å²) < 4.78 is 33.1. The fourth-order valence-electron chi connectivity index (χ4n) is 4.57. The van der Waals surface area contributed by atoms with E-state index in [2.05, 4.69) is 5.32 Å². The molecule has 10 heteroatoms. The van der Waals surface area contributed by atoms with Gasteiger partial charge in [0.25, 0.3) is 5.79 Å². The summed E-state index contributed by atoms with van der Waals surface area (Å²) >= 11 is 0. The van der Waals surface area contributed by atoms with Crippen LogP contribution in [0.25, 0.3) is 5.57 Å². The van der Waals surface area contributed by atoms with Crippen LogP contribution < -0.4 is 5.32 Å². The quantitative estimate of drug-likeness (QED) is 0.399. The molecule has 2 saturated heterocycles. The maximum atomic E-state index is 16.3. The van der Waals surface area contributed by atoms with E-state index in [0.29, 0.717) is 50.4 Å². The average Bonchev–Trinajstić information content (AvgIpc) is 3.20. The molecule has 1 aliphatic carbocycles. The molecule has 1 atom stereocenters. The zero-order valence-corrected chi connectivity index (χ0v) is 19.6. The van der Waals surface area contributed by atoms with Crippen molar-refractivity contribution in [2.24, 2.45) is 0 Å². The second kappa shape index (κ2) is 8.99. The van der Waals surface area contributed by atoms with Crippen molar-refractivity contribution in [1.29, 1.82) is 0 Å². The number of likely N-dealkylation sites (tertiary alicyclic amines) is 1. The van der Waals surface area contributed by atoms with Gasteiger partial charge in [0.2, 0.25) is 0 Å². The average molecular weight is 476 g/mol. The van der Waals surface area contributed by atoms with Crippen LogP contribution in [0, 0.1) is 10.1 Å². The van der Waals surface area contributed by atoms with Crippen molar-refractivity contribution in [2.45, 2.75) is 57.2 Å². The first kappa shape index (κ1) is 24.2. The number of nitrogens with zero attached hydrogens (tertiary/aromatic N) is 2. The summed E-state index contributed by atoms with van der Waals surface area (Å²) in [4.78, 5) is 25.5. The summed E-state index contributed by atoms with van der Waals surface area (Å²) in [5.41, 5.74) is 0.227. The Balaban J connectivity index is 1.70. The van der Waals surface area contributed by atoms with Crippen LogP contribution in [0.1, 0.15) is 45.6 Å². The molecule has 1 amide bonds. The maximum Gasteiger partial charge on any atom is 0.410 e. The van der Waals surface area contributed by atoms with Gasteiger partial charge < -0.3 is 19.1 Å². The van der Waals surface area contributed by atoms with Crippen molar-refractivity contribution in [1.82, 2.24) is 10.2 Å². The molecule has 2 fully saturated rings. The van der Waals surface area contributed by atoms with Crippen molar-refractivity contribution >= 4 is 11.7 Å². The van der Waals surface area contributed by atoms with E-state index in [0.717, 1.165) is 5.56 Å². The number of allylic oxidation sites excluding steroid dienone is 2. The van der Waals surface area contributed by atoms with Crippen LogP contribution in [0.5, 0.6) is 0 Å². The van der Waals surface area contributed by atoms with E-state index in [4.69, 9.17) is 14.2 Å². The van der Waals surface area contributed by atoms with Gasteiger partial charge in [-0.15, -0.1) is 0 Å². The predicted molar refractivity (Wildman–Crippen MR) is 122 cm³/mol. The summed E-state index contributed by atoms with van der Waals surface area (Å²) in [6.45, 7) is 7.04. The van der Waals surface area contributed by atoms with E-state index in [1.54, 1.807) is 20.8 Å². The molecule has 1 aromatic carbocycles. The molecule has 0 aromatic heterocycles. The van der Waals surface area contributed by atoms with Gasteiger partial charge in [-0.1, -0.05) is 30.3 Å². The van der Waals surface area contributed by atoms with Crippen molar-refractivity contribution in [3.63, 3.8) is 0 Å². The Morgan fingerprint density at radius 1 is 1.18 bits per heavy atom. The zero-order chi connectivity index (χ0) is 24.6. The van der Waals surface area contributed by atoms with Crippen LogP contribution >= 0.6 is 0 Å². The number of nitro groups is 1. The number of nitrogens with one attached hydrogen (secondary N) is 1. The topological polar surface area (TPSA) is 103 Å². The van der Waals surface area contributed by atoms with Crippen LogP contribution in [0.4, 0.5) is 9.18 Å². The highest BCUT2D eigenvalue weighted by atomic mass is 19.1. The minimum Gasteiger partial charge on any atom is -0.444 e. The number of rotatable bonds is 4. The van der Waals surface area contributed by atoms with Gasteiger partial charge in [0.1, 0.15) is 5.60 Å². The van der Waals surface area contributed by atoms with Crippen LogP contribution in [0.2, 0.25) is 0 Å². The molecule has 34 heavy (non-hydrogen) atoms. The third kappa shape index (κ3) is 5.07. The zero-order valence-electron chi connectivity index (χ0n) is 19.6. The first-order chi connectivity index (χ1) is 16.0. The number of carbonyl (C=O) groups excluding carboxylic acids is 1. The number of ether oxygens (including phenoxy) is 3. The standard InChI is InChI=1S/C24H30FN3O6/c1-22(2,3)34-21(29)26-24(25)16-19(27-11-9-23(10-12-27)32-13-14-33-23)18(15-20(24)28(30)31)17-7-5-4-6-8-17/h4-8,15H,9-14,16H2,1-3H3,(H,26,29).